The second kappa shape index (κ2) is 3.71. The molecule has 0 spiro atoms. The molecule has 0 fully saturated rings. The van der Waals surface area contributed by atoms with E-state index in [2.05, 4.69) is 4.94 Å². The second-order valence-corrected chi connectivity index (χ2v) is 2.06. The highest BCUT2D eigenvalue weighted by atomic mass is 19.3. The molecule has 1 aromatic carbocycles. The molecule has 0 radical (unpaired) electrons. The smallest absolute Gasteiger partial charge is 0.383 e. The zero-order chi connectivity index (χ0) is 8.97. The number of benzene rings is 1. The summed E-state index contributed by atoms with van der Waals surface area (Å²) in [6.45, 7) is 0. The van der Waals surface area contributed by atoms with Crippen molar-refractivity contribution in [1.29, 1.82) is 0 Å². The predicted molar refractivity (Wildman–Crippen MR) is 39.5 cm³/mol. The standard InChI is InChI=1S/C8H7FO3/c1-11-7-5-3-2-4-6(7)8(10)12-9/h2-5H,1H3. The number of carbonyl (C=O) groups is 1. The number of halogens is 1. The Balaban J connectivity index is 3.04. The van der Waals surface area contributed by atoms with Gasteiger partial charge in [-0.2, -0.15) is 0 Å². The zero-order valence-electron chi connectivity index (χ0n) is 6.41. The minimum atomic E-state index is -1.05. The molecule has 0 aliphatic rings. The average Bonchev–Trinajstić information content (AvgIpc) is 2.16. The molecule has 0 unspecified atom stereocenters. The summed E-state index contributed by atoms with van der Waals surface area (Å²) in [4.78, 5) is 13.8. The number of ether oxygens (including phenoxy) is 1. The lowest BCUT2D eigenvalue weighted by Crippen LogP contribution is -2.01. The Bertz CT molecular complexity index is 285. The van der Waals surface area contributed by atoms with Crippen LogP contribution in [-0.4, -0.2) is 13.1 Å². The van der Waals surface area contributed by atoms with Crippen LogP contribution in [0.5, 0.6) is 5.75 Å². The van der Waals surface area contributed by atoms with Crippen molar-refractivity contribution in [2.24, 2.45) is 0 Å². The van der Waals surface area contributed by atoms with Crippen molar-refractivity contribution in [3.8, 4) is 5.75 Å². The molecule has 1 rings (SSSR count). The molecule has 1 aromatic rings. The van der Waals surface area contributed by atoms with Crippen LogP contribution >= 0.6 is 0 Å². The van der Waals surface area contributed by atoms with Crippen molar-refractivity contribution in [2.45, 2.75) is 0 Å². The van der Waals surface area contributed by atoms with Gasteiger partial charge in [0.25, 0.3) is 0 Å². The van der Waals surface area contributed by atoms with Crippen molar-refractivity contribution in [3.05, 3.63) is 29.8 Å². The summed E-state index contributed by atoms with van der Waals surface area (Å²) in [6, 6.07) is 6.23. The van der Waals surface area contributed by atoms with E-state index in [0.29, 0.717) is 5.75 Å². The predicted octanol–water partition coefficient (Wildman–Crippen LogP) is 1.74. The first-order valence-corrected chi connectivity index (χ1v) is 3.25. The summed E-state index contributed by atoms with van der Waals surface area (Å²) in [5.74, 6) is -0.757. The van der Waals surface area contributed by atoms with Crippen LogP contribution in [-0.2, 0) is 4.94 Å². The lowest BCUT2D eigenvalue weighted by molar-refractivity contribution is -0.0789. The van der Waals surface area contributed by atoms with Crippen molar-refractivity contribution in [3.63, 3.8) is 0 Å². The Kier molecular flexibility index (Phi) is 2.63. The van der Waals surface area contributed by atoms with Gasteiger partial charge in [-0.3, -0.25) is 0 Å². The molecule has 0 aliphatic carbocycles. The van der Waals surface area contributed by atoms with E-state index in [-0.39, 0.29) is 5.56 Å². The van der Waals surface area contributed by atoms with E-state index in [1.807, 2.05) is 0 Å². The average molecular weight is 170 g/mol. The number of para-hydroxylation sites is 1. The molecule has 4 heteroatoms. The van der Waals surface area contributed by atoms with Crippen LogP contribution in [0.4, 0.5) is 4.53 Å². The first-order valence-electron chi connectivity index (χ1n) is 3.25. The van der Waals surface area contributed by atoms with Gasteiger partial charge in [-0.1, -0.05) is 12.1 Å². The maximum Gasteiger partial charge on any atom is 0.383 e. The van der Waals surface area contributed by atoms with Crippen LogP contribution in [0.1, 0.15) is 10.4 Å². The molecule has 0 amide bonds. The highest BCUT2D eigenvalue weighted by molar-refractivity contribution is 5.91. The molecule has 3 nitrogen and oxygen atoms in total. The number of hydrogen-bond donors (Lipinski definition) is 0. The van der Waals surface area contributed by atoms with E-state index < -0.39 is 5.97 Å². The SMILES string of the molecule is COc1ccccc1C(=O)OF. The first-order chi connectivity index (χ1) is 5.79. The number of carbonyl (C=O) groups excluding carboxylic acids is 1. The normalized spacial score (nSPS) is 9.17. The van der Waals surface area contributed by atoms with Crippen molar-refractivity contribution in [1.82, 2.24) is 0 Å². The van der Waals surface area contributed by atoms with Gasteiger partial charge in [-0.15, -0.1) is 0 Å². The summed E-state index contributed by atoms with van der Waals surface area (Å²) in [5.41, 5.74) is 0.0718. The molecular formula is C8H7FO3. The monoisotopic (exact) mass is 170 g/mol. The minimum Gasteiger partial charge on any atom is -0.496 e. The van der Waals surface area contributed by atoms with Crippen molar-refractivity contribution >= 4 is 5.97 Å². The van der Waals surface area contributed by atoms with Gasteiger partial charge >= 0.3 is 5.97 Å². The Morgan fingerprint density at radius 2 is 2.08 bits per heavy atom. The summed E-state index contributed by atoms with van der Waals surface area (Å²) >= 11 is 0. The van der Waals surface area contributed by atoms with E-state index in [0.717, 1.165) is 0 Å². The lowest BCUT2D eigenvalue weighted by Gasteiger charge is -2.02. The summed E-state index contributed by atoms with van der Waals surface area (Å²) < 4.78 is 16.3. The van der Waals surface area contributed by atoms with Gasteiger partial charge in [0.2, 0.25) is 0 Å². The fourth-order valence-corrected chi connectivity index (χ4v) is 0.855. The van der Waals surface area contributed by atoms with Gasteiger partial charge < -0.3 is 4.74 Å². The Morgan fingerprint density at radius 3 is 2.67 bits per heavy atom. The second-order valence-electron chi connectivity index (χ2n) is 2.06. The molecule has 0 heterocycles. The van der Waals surface area contributed by atoms with Crippen LogP contribution in [0.2, 0.25) is 0 Å². The lowest BCUT2D eigenvalue weighted by atomic mass is 10.2. The number of rotatable bonds is 2. The van der Waals surface area contributed by atoms with Gasteiger partial charge in [0.15, 0.2) is 0 Å². The number of hydrogen-bond acceptors (Lipinski definition) is 3. The third kappa shape index (κ3) is 1.53. The summed E-state index contributed by atoms with van der Waals surface area (Å²) in [6.07, 6.45) is 0. The third-order valence-electron chi connectivity index (χ3n) is 1.40. The van der Waals surface area contributed by atoms with Crippen molar-refractivity contribution in [2.75, 3.05) is 7.11 Å². The van der Waals surface area contributed by atoms with Gasteiger partial charge in [-0.25, -0.2) is 9.74 Å². The molecule has 0 saturated heterocycles. The quantitative estimate of drug-likeness (QED) is 0.678. The fraction of sp³-hybridized carbons (Fsp3) is 0.125. The van der Waals surface area contributed by atoms with E-state index in [1.54, 1.807) is 18.2 Å². The Hall–Kier alpha value is -1.58. The van der Waals surface area contributed by atoms with Gasteiger partial charge in [-0.05, 0) is 12.1 Å². The first kappa shape index (κ1) is 8.52. The van der Waals surface area contributed by atoms with E-state index in [9.17, 15) is 9.32 Å². The van der Waals surface area contributed by atoms with E-state index >= 15 is 0 Å². The molecule has 0 bridgehead atoms. The van der Waals surface area contributed by atoms with Crippen molar-refractivity contribution < 1.29 is 19.0 Å². The van der Waals surface area contributed by atoms with Gasteiger partial charge in [0.05, 0.1) is 7.11 Å². The maximum absolute atomic E-state index is 11.5. The van der Waals surface area contributed by atoms with Gasteiger partial charge in [0.1, 0.15) is 11.3 Å². The maximum atomic E-state index is 11.5. The summed E-state index contributed by atoms with van der Waals surface area (Å²) in [5, 5.41) is 0. The molecule has 0 aliphatic heterocycles. The molecular weight excluding hydrogens is 163 g/mol. The molecule has 64 valence electrons. The molecule has 0 N–H and O–H groups in total. The Morgan fingerprint density at radius 1 is 1.42 bits per heavy atom. The van der Waals surface area contributed by atoms with Gasteiger partial charge in [0, 0.05) is 4.53 Å². The minimum absolute atomic E-state index is 0.0718. The van der Waals surface area contributed by atoms with Crippen LogP contribution in [0.3, 0.4) is 0 Å². The Labute approximate surface area is 68.6 Å². The number of methoxy groups -OCH3 is 1. The molecule has 0 atom stereocenters. The van der Waals surface area contributed by atoms with E-state index in [1.165, 1.54) is 13.2 Å². The van der Waals surface area contributed by atoms with Crippen LogP contribution in [0.15, 0.2) is 24.3 Å². The molecule has 0 aromatic heterocycles. The molecule has 0 saturated carbocycles. The summed E-state index contributed by atoms with van der Waals surface area (Å²) in [7, 11) is 1.39. The zero-order valence-corrected chi connectivity index (χ0v) is 6.41. The fourth-order valence-electron chi connectivity index (χ4n) is 0.855. The highest BCUT2D eigenvalue weighted by Gasteiger charge is 2.12. The third-order valence-corrected chi connectivity index (χ3v) is 1.40. The van der Waals surface area contributed by atoms with E-state index in [4.69, 9.17) is 4.74 Å². The molecule has 12 heavy (non-hydrogen) atoms. The van der Waals surface area contributed by atoms with Crippen LogP contribution in [0.25, 0.3) is 0 Å². The topological polar surface area (TPSA) is 35.5 Å². The highest BCUT2D eigenvalue weighted by Crippen LogP contribution is 2.17. The van der Waals surface area contributed by atoms with Crippen LogP contribution < -0.4 is 4.74 Å². The largest absolute Gasteiger partial charge is 0.496 e. The van der Waals surface area contributed by atoms with Crippen LogP contribution in [0, 0.1) is 0 Å².